The Balaban J connectivity index is 0.000000105. The predicted molar refractivity (Wildman–Crippen MR) is 555 cm³/mol. The summed E-state index contributed by atoms with van der Waals surface area (Å²) in [6, 6.07) is 51.7. The molecule has 25 rings (SSSR count). The van der Waals surface area contributed by atoms with E-state index in [1.165, 1.54) is 12.1 Å². The van der Waals surface area contributed by atoms with Crippen LogP contribution in [0.3, 0.4) is 0 Å². The van der Waals surface area contributed by atoms with Crippen molar-refractivity contribution in [3.05, 3.63) is 325 Å². The number of hydrogen-bond donors (Lipinski definition) is 5. The van der Waals surface area contributed by atoms with Crippen molar-refractivity contribution >= 4 is 111 Å². The minimum Gasteiger partial charge on any atom is -0.422 e. The third-order valence-electron chi connectivity index (χ3n) is 27.3. The number of likely N-dealkylation sites (N-methyl/N-ethyl adjacent to an activating group) is 1. The lowest BCUT2D eigenvalue weighted by Crippen LogP contribution is -2.54. The molecule has 5 saturated heterocycles. The van der Waals surface area contributed by atoms with Gasteiger partial charge in [-0.25, -0.2) is 42.7 Å². The van der Waals surface area contributed by atoms with E-state index in [2.05, 4.69) is 129 Å². The summed E-state index contributed by atoms with van der Waals surface area (Å²) in [5, 5.41) is 21.5. The first-order chi connectivity index (χ1) is 68.8. The summed E-state index contributed by atoms with van der Waals surface area (Å²) < 4.78 is 65.5. The van der Waals surface area contributed by atoms with E-state index in [9.17, 15) is 32.8 Å². The Kier molecular flexibility index (Phi) is 25.5. The highest BCUT2D eigenvalue weighted by atomic mass is 19.1. The molecule has 722 valence electrons. The van der Waals surface area contributed by atoms with Crippen molar-refractivity contribution < 1.29 is 30.9 Å². The van der Waals surface area contributed by atoms with Gasteiger partial charge in [-0.1, -0.05) is 0 Å². The molecule has 15 aromatic heterocycles. The number of aromatic nitrogens is 10. The predicted octanol–water partition coefficient (Wildman–Crippen LogP) is 16.7. The number of piperazine rings is 3. The SMILES string of the molecule is C[C@H]1CN(c2ccc3cc(-c4cn5cccc(F)c5n4)c(=O)oc3c2)CCN1C.Cc1cc(F)c2nc(-c3cc4ccc(N[C@@H]5CCNC5)cc4oc3=O)cn2c1.Cc1cn2cc(-c3cc4ccc(N5C[C@@H](C)N[C@@H](C)C5)cc4oc3=O)cc2cn1.Cc1nccn2cc(-c3cc4ccc(N5CCCNCC5)cc4oc3=O)cc12.Cc1nccn2cc(-c3cc4ccc(N5CCN[C@H](C)C5)cc4oc3=O)cc12. The molecule has 0 unspecified atom stereocenters. The maximum atomic E-state index is 14.1. The van der Waals surface area contributed by atoms with Gasteiger partial charge in [0.1, 0.15) is 27.9 Å². The van der Waals surface area contributed by atoms with Crippen molar-refractivity contribution in [1.82, 2.24) is 73.1 Å². The van der Waals surface area contributed by atoms with Gasteiger partial charge in [-0.05, 0) is 221 Å². The number of hydrogen-bond acceptors (Lipinski definition) is 25. The van der Waals surface area contributed by atoms with Crippen LogP contribution in [0.25, 0.3) is 139 Å². The van der Waals surface area contributed by atoms with Crippen LogP contribution >= 0.6 is 0 Å². The Labute approximate surface area is 813 Å². The Morgan fingerprint density at radius 1 is 0.408 bits per heavy atom. The van der Waals surface area contributed by atoms with Gasteiger partial charge >= 0.3 is 28.1 Å². The Morgan fingerprint density at radius 2 is 0.901 bits per heavy atom. The Hall–Kier alpha value is -15.7. The summed E-state index contributed by atoms with van der Waals surface area (Å²) in [6.07, 6.45) is 25.8. The van der Waals surface area contributed by atoms with E-state index in [0.29, 0.717) is 97.3 Å². The van der Waals surface area contributed by atoms with Crippen molar-refractivity contribution in [3.8, 4) is 55.9 Å². The van der Waals surface area contributed by atoms with Gasteiger partial charge in [0.25, 0.3) is 0 Å². The van der Waals surface area contributed by atoms with Crippen LogP contribution in [0.2, 0.25) is 0 Å². The molecule has 5 aliphatic heterocycles. The Bertz CT molecular complexity index is 8370. The number of fused-ring (bicyclic) bond motifs is 10. The van der Waals surface area contributed by atoms with Crippen LogP contribution in [-0.4, -0.2) is 181 Å². The van der Waals surface area contributed by atoms with Crippen molar-refractivity contribution in [1.29, 1.82) is 0 Å². The van der Waals surface area contributed by atoms with Crippen LogP contribution < -0.4 is 74.3 Å². The lowest BCUT2D eigenvalue weighted by molar-refractivity contribution is 0.234. The average molecular weight is 1910 g/mol. The Morgan fingerprint density at radius 3 is 1.44 bits per heavy atom. The first kappa shape index (κ1) is 92.6. The van der Waals surface area contributed by atoms with Crippen LogP contribution in [0.4, 0.5) is 37.2 Å². The van der Waals surface area contributed by atoms with Crippen LogP contribution in [0.1, 0.15) is 63.2 Å². The van der Waals surface area contributed by atoms with Gasteiger partial charge in [-0.15, -0.1) is 0 Å². The molecule has 0 radical (unpaired) electrons. The number of halogens is 2. The summed E-state index contributed by atoms with van der Waals surface area (Å²) in [7, 11) is 2.13. The highest BCUT2D eigenvalue weighted by Gasteiger charge is 2.28. The minimum absolute atomic E-state index is 0.182. The molecule has 20 aromatic rings. The summed E-state index contributed by atoms with van der Waals surface area (Å²) in [5.74, 6) is -0.858. The molecule has 0 amide bonds. The standard InChI is InChI=1S/C23H24N4O2.C22H21FN4O2.2C22H22N4O2.C21H19FN4O2/c1-14-10-27-13-18(6-20(27)9-24-14)21-7-17-4-5-19(8-22(17)29-23(21)28)26-11-15(2)25-16(3)12-26;1-14-12-26(9-8-25(14)2)16-6-5-15-10-17(22(28)29-20(15)11-16)19-13-27-7-3-4-18(23)21(27)24-19;1-14-12-25(7-5-23-14)18-4-3-16-9-19(22(27)28-21(16)11-18)17-10-20-15(2)24-6-8-26(20)13-17;1-15-20-12-17(14-26(20)10-7-24-15)19-11-16-3-4-18(13-21(16)28-22(19)27)25-8-2-5-23-6-9-25;1-12-6-17(22)20-25-18(11-26(20)10-12)16-7-13-2-3-14(8-19(13)28-21(16)27)24-15-4-5-23-9-15/h4-10,13,15-16,25H,11-12H2,1-3H3;3-7,10-11,13-14H,8-9,12H2,1-2H3;3-4,6,8-11,13-14,23H,5,7,12H2,1-2H3;3-4,7,10-14,23H,2,5-6,8-9H2,1H3;2-3,6-8,10-11,15,23-24H,4-5,9H2,1H3/t15-,16+;2*14-;;15-/m.01.1/s1. The number of nitrogens with zero attached hydrogens (tertiary/aromatic N) is 15. The summed E-state index contributed by atoms with van der Waals surface area (Å²) in [4.78, 5) is 96.6. The highest BCUT2D eigenvalue weighted by Crippen LogP contribution is 2.36. The fourth-order valence-electron chi connectivity index (χ4n) is 19.8. The van der Waals surface area contributed by atoms with Crippen LogP contribution in [0, 0.1) is 39.3 Å². The lowest BCUT2D eigenvalue weighted by Gasteiger charge is -2.39. The topological polar surface area (TPSA) is 314 Å². The van der Waals surface area contributed by atoms with Crippen LogP contribution in [0.5, 0.6) is 0 Å². The molecule has 30 nitrogen and oxygen atoms in total. The molecule has 20 heterocycles. The lowest BCUT2D eigenvalue weighted by atomic mass is 10.1. The number of rotatable bonds is 11. The molecule has 142 heavy (non-hydrogen) atoms. The molecule has 0 saturated carbocycles. The van der Waals surface area contributed by atoms with Crippen molar-refractivity contribution in [2.24, 2.45) is 0 Å². The summed E-state index contributed by atoms with van der Waals surface area (Å²) in [6.45, 7) is 29.9. The van der Waals surface area contributed by atoms with E-state index in [0.717, 1.165) is 216 Å². The quantitative estimate of drug-likeness (QED) is 0.0751. The number of nitrogens with one attached hydrogen (secondary N) is 5. The largest absolute Gasteiger partial charge is 0.422 e. The second-order valence-corrected chi connectivity index (χ2v) is 37.8. The molecular weight excluding hydrogens is 1800 g/mol. The fraction of sp³-hybridized carbons (Fsp3) is 0.273. The first-order valence-corrected chi connectivity index (χ1v) is 48.2. The average Bonchev–Trinajstić information content (AvgIpc) is 1.56. The molecule has 32 heteroatoms. The second kappa shape index (κ2) is 39.2. The van der Waals surface area contributed by atoms with Crippen molar-refractivity contribution in [3.63, 3.8) is 0 Å². The van der Waals surface area contributed by atoms with E-state index in [4.69, 9.17) is 22.1 Å². The van der Waals surface area contributed by atoms with Crippen molar-refractivity contribution in [2.45, 2.75) is 98.4 Å². The molecule has 5 aromatic carbocycles. The first-order valence-electron chi connectivity index (χ1n) is 48.2. The zero-order valence-corrected chi connectivity index (χ0v) is 80.3. The second-order valence-electron chi connectivity index (χ2n) is 37.8. The van der Waals surface area contributed by atoms with Gasteiger partial charge < -0.3 is 95.2 Å². The van der Waals surface area contributed by atoms with Crippen molar-refractivity contribution in [2.75, 3.05) is 124 Å². The molecule has 5 aliphatic rings. The van der Waals surface area contributed by atoms with Gasteiger partial charge in [0.05, 0.1) is 79.0 Å². The monoisotopic (exact) mass is 1910 g/mol. The number of anilines is 5. The van der Waals surface area contributed by atoms with E-state index in [1.54, 1.807) is 71.1 Å². The van der Waals surface area contributed by atoms with E-state index in [-0.39, 0.29) is 28.2 Å². The number of benzene rings is 5. The maximum absolute atomic E-state index is 14.1. The van der Waals surface area contributed by atoms with Gasteiger partial charge in [0, 0.05) is 285 Å². The van der Waals surface area contributed by atoms with E-state index >= 15 is 0 Å². The minimum atomic E-state index is -0.493. The van der Waals surface area contributed by atoms with Gasteiger partial charge in [0.2, 0.25) is 0 Å². The number of pyridine rings is 2. The smallest absolute Gasteiger partial charge is 0.345 e. The van der Waals surface area contributed by atoms with Crippen LogP contribution in [-0.2, 0) is 0 Å². The maximum Gasteiger partial charge on any atom is 0.345 e. The summed E-state index contributed by atoms with van der Waals surface area (Å²) >= 11 is 0. The normalized spacial score (nSPS) is 17.5. The number of aryl methyl sites for hydroxylation is 4. The third-order valence-corrected chi connectivity index (χ3v) is 27.3. The van der Waals surface area contributed by atoms with E-state index < -0.39 is 22.9 Å². The highest BCUT2D eigenvalue weighted by molar-refractivity contribution is 5.90. The fourth-order valence-corrected chi connectivity index (χ4v) is 19.8. The van der Waals surface area contributed by atoms with Gasteiger partial charge in [-0.3, -0.25) is 15.0 Å². The summed E-state index contributed by atoms with van der Waals surface area (Å²) in [5.41, 5.74) is 18.7. The molecule has 5 fully saturated rings. The number of imidazole rings is 2. The molecule has 0 bridgehead atoms. The molecule has 5 atom stereocenters. The van der Waals surface area contributed by atoms with Crippen LogP contribution in [0.15, 0.2) is 284 Å². The van der Waals surface area contributed by atoms with Gasteiger partial charge in [0.15, 0.2) is 22.9 Å². The zero-order chi connectivity index (χ0) is 97.8. The molecule has 0 aliphatic carbocycles. The van der Waals surface area contributed by atoms with Gasteiger partial charge in [-0.2, -0.15) is 0 Å². The van der Waals surface area contributed by atoms with E-state index in [1.807, 2.05) is 187 Å². The zero-order valence-electron chi connectivity index (χ0n) is 80.3. The molecule has 5 N–H and O–H groups in total. The molecular formula is C110H108F2N20O10. The molecule has 0 spiro atoms. The third kappa shape index (κ3) is 19.5.